The summed E-state index contributed by atoms with van der Waals surface area (Å²) in [6.45, 7) is 0. The van der Waals surface area contributed by atoms with E-state index in [4.69, 9.17) is 32.7 Å². The molecule has 3 unspecified atom stereocenters. The van der Waals surface area contributed by atoms with Gasteiger partial charge in [0.15, 0.2) is 11.5 Å². The third kappa shape index (κ3) is 3.71. The van der Waals surface area contributed by atoms with Crippen molar-refractivity contribution in [2.45, 2.75) is 31.8 Å². The van der Waals surface area contributed by atoms with Crippen LogP contribution in [0.1, 0.15) is 36.0 Å². The lowest BCUT2D eigenvalue weighted by molar-refractivity contribution is 0.102. The van der Waals surface area contributed by atoms with Gasteiger partial charge in [0.25, 0.3) is 5.91 Å². The Kier molecular flexibility index (Phi) is 5.15. The monoisotopic (exact) mass is 406 g/mol. The molecule has 2 fully saturated rings. The van der Waals surface area contributed by atoms with Crippen molar-refractivity contribution in [2.24, 2.45) is 11.8 Å². The maximum absolute atomic E-state index is 12.7. The van der Waals surface area contributed by atoms with Gasteiger partial charge in [0.1, 0.15) is 6.10 Å². The number of hydrogen-bond acceptors (Lipinski definition) is 4. The standard InChI is InChI=1S/C20H20Cl2N2O3/c1-26-16-5-4-13(20(25)24-19-14(21)9-23-10-15(19)22)8-18(16)27-17-7-11-2-3-12(17)6-11/h4-5,8-12,17H,2-3,6-7H2,1H3,(H,23,24,25). The fourth-order valence-corrected chi connectivity index (χ4v) is 4.58. The van der Waals surface area contributed by atoms with Crippen LogP contribution in [0.5, 0.6) is 11.5 Å². The summed E-state index contributed by atoms with van der Waals surface area (Å²) in [6.07, 6.45) is 7.90. The second kappa shape index (κ2) is 7.56. The summed E-state index contributed by atoms with van der Waals surface area (Å²) < 4.78 is 11.7. The molecule has 5 nitrogen and oxygen atoms in total. The number of aromatic nitrogens is 1. The lowest BCUT2D eigenvalue weighted by atomic mass is 9.97. The molecule has 2 aromatic rings. The number of nitrogens with zero attached hydrogens (tertiary/aromatic N) is 1. The van der Waals surface area contributed by atoms with Gasteiger partial charge >= 0.3 is 0 Å². The summed E-state index contributed by atoms with van der Waals surface area (Å²) >= 11 is 12.2. The fraction of sp³-hybridized carbons (Fsp3) is 0.400. The topological polar surface area (TPSA) is 60.5 Å². The van der Waals surface area contributed by atoms with Gasteiger partial charge in [-0.15, -0.1) is 0 Å². The predicted octanol–water partition coefficient (Wildman–Crippen LogP) is 5.22. The molecule has 3 atom stereocenters. The summed E-state index contributed by atoms with van der Waals surface area (Å²) in [4.78, 5) is 16.6. The average molecular weight is 407 g/mol. The zero-order chi connectivity index (χ0) is 19.0. The van der Waals surface area contributed by atoms with Gasteiger partial charge < -0.3 is 14.8 Å². The molecule has 7 heteroatoms. The van der Waals surface area contributed by atoms with Crippen LogP contribution in [-0.4, -0.2) is 24.1 Å². The highest BCUT2D eigenvalue weighted by molar-refractivity contribution is 6.39. The second-order valence-corrected chi connectivity index (χ2v) is 7.94. The van der Waals surface area contributed by atoms with E-state index in [1.807, 2.05) is 0 Å². The second-order valence-electron chi connectivity index (χ2n) is 7.13. The van der Waals surface area contributed by atoms with Crippen LogP contribution in [-0.2, 0) is 0 Å². The summed E-state index contributed by atoms with van der Waals surface area (Å²) in [6, 6.07) is 5.14. The molecule has 1 aromatic carbocycles. The van der Waals surface area contributed by atoms with Gasteiger partial charge in [-0.05, 0) is 55.7 Å². The Morgan fingerprint density at radius 1 is 1.15 bits per heavy atom. The van der Waals surface area contributed by atoms with Crippen LogP contribution < -0.4 is 14.8 Å². The molecule has 1 aromatic heterocycles. The molecule has 2 saturated carbocycles. The molecule has 1 N–H and O–H groups in total. The van der Waals surface area contributed by atoms with E-state index in [0.29, 0.717) is 28.7 Å². The summed E-state index contributed by atoms with van der Waals surface area (Å²) in [5, 5.41) is 3.30. The molecule has 2 bridgehead atoms. The third-order valence-electron chi connectivity index (χ3n) is 5.47. The first kappa shape index (κ1) is 18.4. The minimum atomic E-state index is -0.328. The van der Waals surface area contributed by atoms with Crippen molar-refractivity contribution in [3.8, 4) is 11.5 Å². The maximum atomic E-state index is 12.7. The largest absolute Gasteiger partial charge is 0.493 e. The number of carbonyl (C=O) groups excluding carboxylic acids is 1. The average Bonchev–Trinajstić information content (AvgIpc) is 3.28. The van der Waals surface area contributed by atoms with Crippen molar-refractivity contribution in [1.82, 2.24) is 4.98 Å². The minimum Gasteiger partial charge on any atom is -0.493 e. The van der Waals surface area contributed by atoms with Crippen LogP contribution in [0.3, 0.4) is 0 Å². The van der Waals surface area contributed by atoms with Crippen molar-refractivity contribution in [2.75, 3.05) is 12.4 Å². The number of hydrogen-bond donors (Lipinski definition) is 1. The smallest absolute Gasteiger partial charge is 0.255 e. The molecule has 1 amide bonds. The van der Waals surface area contributed by atoms with Crippen LogP contribution >= 0.6 is 23.2 Å². The van der Waals surface area contributed by atoms with Crippen LogP contribution in [0.2, 0.25) is 10.0 Å². The van der Waals surface area contributed by atoms with E-state index >= 15 is 0 Å². The number of amides is 1. The molecule has 0 saturated heterocycles. The highest BCUT2D eigenvalue weighted by Crippen LogP contribution is 2.47. The number of fused-ring (bicyclic) bond motifs is 2. The van der Waals surface area contributed by atoms with E-state index in [9.17, 15) is 4.79 Å². The first-order chi connectivity index (χ1) is 13.0. The Morgan fingerprint density at radius 2 is 1.93 bits per heavy atom. The highest BCUT2D eigenvalue weighted by atomic mass is 35.5. The van der Waals surface area contributed by atoms with Gasteiger partial charge in [-0.1, -0.05) is 23.2 Å². The SMILES string of the molecule is COc1ccc(C(=O)Nc2c(Cl)cncc2Cl)cc1OC1CC2CCC1C2. The molecule has 2 aliphatic rings. The van der Waals surface area contributed by atoms with Gasteiger partial charge in [-0.3, -0.25) is 9.78 Å². The van der Waals surface area contributed by atoms with E-state index in [1.165, 1.54) is 31.7 Å². The number of nitrogens with one attached hydrogen (secondary N) is 1. The minimum absolute atomic E-state index is 0.194. The van der Waals surface area contributed by atoms with Crippen LogP contribution in [0.15, 0.2) is 30.6 Å². The molecule has 0 spiro atoms. The zero-order valence-corrected chi connectivity index (χ0v) is 16.4. The first-order valence-corrected chi connectivity index (χ1v) is 9.75. The number of anilines is 1. The highest BCUT2D eigenvalue weighted by Gasteiger charge is 2.41. The fourth-order valence-electron chi connectivity index (χ4n) is 4.12. The first-order valence-electron chi connectivity index (χ1n) is 9.00. The third-order valence-corrected chi connectivity index (χ3v) is 6.04. The van der Waals surface area contributed by atoms with Gasteiger partial charge in [0, 0.05) is 18.0 Å². The number of methoxy groups -OCH3 is 1. The van der Waals surface area contributed by atoms with Crippen molar-refractivity contribution >= 4 is 34.8 Å². The van der Waals surface area contributed by atoms with Crippen molar-refractivity contribution in [3.05, 3.63) is 46.2 Å². The quantitative estimate of drug-likeness (QED) is 0.739. The molecule has 27 heavy (non-hydrogen) atoms. The zero-order valence-electron chi connectivity index (χ0n) is 14.9. The van der Waals surface area contributed by atoms with E-state index < -0.39 is 0 Å². The molecule has 1 heterocycles. The Bertz CT molecular complexity index is 854. The van der Waals surface area contributed by atoms with Gasteiger partial charge in [0.2, 0.25) is 0 Å². The molecule has 0 aliphatic heterocycles. The van der Waals surface area contributed by atoms with Crippen molar-refractivity contribution < 1.29 is 14.3 Å². The summed E-state index contributed by atoms with van der Waals surface area (Å²) in [7, 11) is 1.60. The normalized spacial score (nSPS) is 23.3. The number of halogens is 2. The molecule has 4 rings (SSSR count). The Morgan fingerprint density at radius 3 is 2.56 bits per heavy atom. The number of carbonyl (C=O) groups is 1. The van der Waals surface area contributed by atoms with E-state index in [-0.39, 0.29) is 22.1 Å². The molecule has 2 aliphatic carbocycles. The van der Waals surface area contributed by atoms with Crippen molar-refractivity contribution in [3.63, 3.8) is 0 Å². The van der Waals surface area contributed by atoms with Gasteiger partial charge in [-0.25, -0.2) is 0 Å². The van der Waals surface area contributed by atoms with E-state index in [0.717, 1.165) is 12.3 Å². The number of ether oxygens (including phenoxy) is 2. The van der Waals surface area contributed by atoms with Gasteiger partial charge in [0.05, 0.1) is 22.8 Å². The summed E-state index contributed by atoms with van der Waals surface area (Å²) in [5.41, 5.74) is 0.780. The van der Waals surface area contributed by atoms with Gasteiger partial charge in [-0.2, -0.15) is 0 Å². The Hall–Kier alpha value is -1.98. The van der Waals surface area contributed by atoms with E-state index in [1.54, 1.807) is 25.3 Å². The van der Waals surface area contributed by atoms with E-state index in [2.05, 4.69) is 10.3 Å². The predicted molar refractivity (Wildman–Crippen MR) is 105 cm³/mol. The van der Waals surface area contributed by atoms with Crippen molar-refractivity contribution in [1.29, 1.82) is 0 Å². The number of pyridine rings is 1. The molecular formula is C20H20Cl2N2O3. The molecular weight excluding hydrogens is 387 g/mol. The lowest BCUT2D eigenvalue weighted by Crippen LogP contribution is -2.24. The molecule has 142 valence electrons. The summed E-state index contributed by atoms with van der Waals surface area (Å²) in [5.74, 6) is 2.26. The number of rotatable bonds is 5. The Labute approximate surface area is 168 Å². The lowest BCUT2D eigenvalue weighted by Gasteiger charge is -2.24. The Balaban J connectivity index is 1.55. The van der Waals surface area contributed by atoms with Crippen LogP contribution in [0, 0.1) is 11.8 Å². The van der Waals surface area contributed by atoms with Crippen LogP contribution in [0.4, 0.5) is 5.69 Å². The van der Waals surface area contributed by atoms with Crippen LogP contribution in [0.25, 0.3) is 0 Å². The number of benzene rings is 1. The molecule has 0 radical (unpaired) electrons. The maximum Gasteiger partial charge on any atom is 0.255 e.